The molecule has 0 spiro atoms. The van der Waals surface area contributed by atoms with Crippen molar-refractivity contribution >= 4 is 5.82 Å². The number of hydrogen-bond donors (Lipinski definition) is 1. The van der Waals surface area contributed by atoms with Gasteiger partial charge in [-0.15, -0.1) is 0 Å². The predicted molar refractivity (Wildman–Crippen MR) is 118 cm³/mol. The predicted octanol–water partition coefficient (Wildman–Crippen LogP) is 3.84. The molecule has 7 heteroatoms. The van der Waals surface area contributed by atoms with E-state index in [0.717, 1.165) is 42.6 Å². The third-order valence-corrected chi connectivity index (χ3v) is 5.98. The minimum absolute atomic E-state index is 0.182. The van der Waals surface area contributed by atoms with Crippen LogP contribution in [-0.2, 0) is 0 Å². The minimum Gasteiger partial charge on any atom is -0.494 e. The molecule has 2 unspecified atom stereocenters. The molecule has 2 atom stereocenters. The van der Waals surface area contributed by atoms with E-state index in [1.807, 2.05) is 13.1 Å². The van der Waals surface area contributed by atoms with Crippen LogP contribution in [0.3, 0.4) is 0 Å². The molecule has 0 bridgehead atoms. The van der Waals surface area contributed by atoms with E-state index in [1.54, 1.807) is 12.4 Å². The number of nitrogens with zero attached hydrogens (tertiary/aromatic N) is 5. The maximum Gasteiger partial charge on any atom is 0.147 e. The molecule has 1 aromatic carbocycles. The lowest BCUT2D eigenvalue weighted by atomic mass is 9.98. The molecule has 0 amide bonds. The Balaban J connectivity index is 1.63. The van der Waals surface area contributed by atoms with E-state index in [0.29, 0.717) is 6.61 Å². The highest BCUT2D eigenvalue weighted by molar-refractivity contribution is 5.43. The van der Waals surface area contributed by atoms with E-state index in [4.69, 9.17) is 4.74 Å². The van der Waals surface area contributed by atoms with Gasteiger partial charge in [0.15, 0.2) is 0 Å². The smallest absolute Gasteiger partial charge is 0.147 e. The van der Waals surface area contributed by atoms with E-state index < -0.39 is 0 Å². The van der Waals surface area contributed by atoms with Crippen LogP contribution in [0, 0.1) is 13.8 Å². The quantitative estimate of drug-likeness (QED) is 0.671. The Labute approximate surface area is 178 Å². The number of piperazine rings is 1. The van der Waals surface area contributed by atoms with Crippen molar-refractivity contribution < 1.29 is 4.74 Å². The molecule has 0 saturated carbocycles. The molecule has 1 aliphatic heterocycles. The van der Waals surface area contributed by atoms with Crippen molar-refractivity contribution in [2.24, 2.45) is 0 Å². The van der Waals surface area contributed by atoms with Crippen LogP contribution in [-0.4, -0.2) is 51.3 Å². The molecule has 0 aliphatic carbocycles. The molecule has 158 valence electrons. The van der Waals surface area contributed by atoms with Crippen molar-refractivity contribution in [2.45, 2.75) is 39.8 Å². The van der Waals surface area contributed by atoms with Crippen LogP contribution in [0.1, 0.15) is 48.4 Å². The zero-order valence-electron chi connectivity index (χ0n) is 18.2. The van der Waals surface area contributed by atoms with Crippen molar-refractivity contribution in [3.8, 4) is 5.75 Å². The van der Waals surface area contributed by atoms with Crippen LogP contribution in [0.25, 0.3) is 0 Å². The Morgan fingerprint density at radius 1 is 1.17 bits per heavy atom. The number of hydrogen-bond acceptors (Lipinski definition) is 6. The SMILES string of the molecule is CCOc1ccc(C2CN(C(C)c3c(C)n[nH]c3C)CCN2c2cnccn2)cc1. The van der Waals surface area contributed by atoms with Gasteiger partial charge in [-0.3, -0.25) is 15.0 Å². The summed E-state index contributed by atoms with van der Waals surface area (Å²) in [5.41, 5.74) is 4.78. The maximum atomic E-state index is 5.64. The fraction of sp³-hybridized carbons (Fsp3) is 0.435. The molecule has 1 aliphatic rings. The first-order valence-electron chi connectivity index (χ1n) is 10.6. The average molecular weight is 407 g/mol. The van der Waals surface area contributed by atoms with Crippen LogP contribution in [0.5, 0.6) is 5.75 Å². The first kappa shape index (κ1) is 20.3. The van der Waals surface area contributed by atoms with Crippen molar-refractivity contribution in [1.82, 2.24) is 25.1 Å². The fourth-order valence-corrected chi connectivity index (χ4v) is 4.47. The highest BCUT2D eigenvalue weighted by atomic mass is 16.5. The summed E-state index contributed by atoms with van der Waals surface area (Å²) in [5, 5.41) is 7.54. The molecule has 0 radical (unpaired) electrons. The van der Waals surface area contributed by atoms with Crippen molar-refractivity contribution in [3.05, 3.63) is 65.4 Å². The third-order valence-electron chi connectivity index (χ3n) is 5.98. The normalized spacial score (nSPS) is 18.4. The van der Waals surface area contributed by atoms with Gasteiger partial charge in [0.05, 0.1) is 24.5 Å². The van der Waals surface area contributed by atoms with E-state index in [2.05, 4.69) is 75.0 Å². The van der Waals surface area contributed by atoms with Gasteiger partial charge in [-0.25, -0.2) is 4.98 Å². The van der Waals surface area contributed by atoms with E-state index in [-0.39, 0.29) is 12.1 Å². The van der Waals surface area contributed by atoms with Gasteiger partial charge in [-0.2, -0.15) is 5.10 Å². The van der Waals surface area contributed by atoms with E-state index >= 15 is 0 Å². The highest BCUT2D eigenvalue weighted by Crippen LogP contribution is 2.34. The number of nitrogens with one attached hydrogen (secondary N) is 1. The molecular formula is C23H30N6O. The number of benzene rings is 1. The number of ether oxygens (including phenoxy) is 1. The molecule has 4 rings (SSSR count). The second kappa shape index (κ2) is 8.83. The van der Waals surface area contributed by atoms with Crippen LogP contribution in [0.15, 0.2) is 42.9 Å². The second-order valence-electron chi connectivity index (χ2n) is 7.79. The van der Waals surface area contributed by atoms with Crippen molar-refractivity contribution in [1.29, 1.82) is 0 Å². The van der Waals surface area contributed by atoms with Gasteiger partial charge >= 0.3 is 0 Å². The largest absolute Gasteiger partial charge is 0.494 e. The number of H-pyrrole nitrogens is 1. The van der Waals surface area contributed by atoms with Crippen LogP contribution in [0.4, 0.5) is 5.82 Å². The first-order valence-corrected chi connectivity index (χ1v) is 10.6. The Morgan fingerprint density at radius 3 is 2.60 bits per heavy atom. The number of rotatable bonds is 6. The third kappa shape index (κ3) is 4.03. The van der Waals surface area contributed by atoms with Gasteiger partial charge in [0, 0.05) is 49.3 Å². The number of aromatic amines is 1. The van der Waals surface area contributed by atoms with Gasteiger partial charge in [-0.1, -0.05) is 12.1 Å². The van der Waals surface area contributed by atoms with Crippen molar-refractivity contribution in [3.63, 3.8) is 0 Å². The summed E-state index contributed by atoms with van der Waals surface area (Å²) in [5.74, 6) is 1.82. The van der Waals surface area contributed by atoms with E-state index in [1.165, 1.54) is 11.1 Å². The first-order chi connectivity index (χ1) is 14.6. The standard InChI is InChI=1S/C23H30N6O/c1-5-30-20-8-6-19(7-9-20)21-15-28(18(4)23-16(2)26-27-17(23)3)12-13-29(21)22-14-24-10-11-25-22/h6-11,14,18,21H,5,12-13,15H2,1-4H3,(H,26,27). The zero-order chi connectivity index (χ0) is 21.1. The Bertz CT molecular complexity index is 936. The summed E-state index contributed by atoms with van der Waals surface area (Å²) in [6.45, 7) is 11.9. The molecular weight excluding hydrogens is 376 g/mol. The summed E-state index contributed by atoms with van der Waals surface area (Å²) in [6.07, 6.45) is 5.33. The summed E-state index contributed by atoms with van der Waals surface area (Å²) < 4.78 is 5.64. The van der Waals surface area contributed by atoms with Crippen molar-refractivity contribution in [2.75, 3.05) is 31.1 Å². The molecule has 3 heterocycles. The molecule has 1 N–H and O–H groups in total. The summed E-state index contributed by atoms with van der Waals surface area (Å²) in [6, 6.07) is 8.92. The van der Waals surface area contributed by atoms with Gasteiger partial charge in [0.25, 0.3) is 0 Å². The summed E-state index contributed by atoms with van der Waals surface area (Å²) in [7, 11) is 0. The Morgan fingerprint density at radius 2 is 1.97 bits per heavy atom. The molecule has 1 saturated heterocycles. The second-order valence-corrected chi connectivity index (χ2v) is 7.79. The summed E-state index contributed by atoms with van der Waals surface area (Å²) >= 11 is 0. The molecule has 1 fully saturated rings. The highest BCUT2D eigenvalue weighted by Gasteiger charge is 2.33. The van der Waals surface area contributed by atoms with Gasteiger partial charge in [0.1, 0.15) is 11.6 Å². The average Bonchev–Trinajstić information content (AvgIpc) is 3.12. The lowest BCUT2D eigenvalue weighted by Crippen LogP contribution is -2.49. The summed E-state index contributed by atoms with van der Waals surface area (Å²) in [4.78, 5) is 13.8. The number of aromatic nitrogens is 4. The lowest BCUT2D eigenvalue weighted by Gasteiger charge is -2.44. The zero-order valence-corrected chi connectivity index (χ0v) is 18.2. The molecule has 7 nitrogen and oxygen atoms in total. The van der Waals surface area contributed by atoms with Crippen LogP contribution >= 0.6 is 0 Å². The van der Waals surface area contributed by atoms with Crippen LogP contribution < -0.4 is 9.64 Å². The van der Waals surface area contributed by atoms with Gasteiger partial charge < -0.3 is 9.64 Å². The van der Waals surface area contributed by atoms with Gasteiger partial charge in [-0.05, 0) is 45.4 Å². The van der Waals surface area contributed by atoms with E-state index in [9.17, 15) is 0 Å². The minimum atomic E-state index is 0.182. The Kier molecular flexibility index (Phi) is 5.99. The Hall–Kier alpha value is -2.93. The van der Waals surface area contributed by atoms with Gasteiger partial charge in [0.2, 0.25) is 0 Å². The fourth-order valence-electron chi connectivity index (χ4n) is 4.47. The topological polar surface area (TPSA) is 70.2 Å². The molecule has 2 aromatic heterocycles. The number of anilines is 1. The lowest BCUT2D eigenvalue weighted by molar-refractivity contribution is 0.170. The monoisotopic (exact) mass is 406 g/mol. The van der Waals surface area contributed by atoms with Crippen LogP contribution in [0.2, 0.25) is 0 Å². The number of aryl methyl sites for hydroxylation is 2. The molecule has 3 aromatic rings. The maximum absolute atomic E-state index is 5.64. The molecule has 30 heavy (non-hydrogen) atoms.